The van der Waals surface area contributed by atoms with E-state index in [9.17, 15) is 8.78 Å². The van der Waals surface area contributed by atoms with Gasteiger partial charge in [-0.25, -0.2) is 13.8 Å². The van der Waals surface area contributed by atoms with Crippen LogP contribution in [0.25, 0.3) is 0 Å². The molecule has 1 saturated heterocycles. The first kappa shape index (κ1) is 23.7. The first-order chi connectivity index (χ1) is 13.6. The Morgan fingerprint density at radius 1 is 1.17 bits per heavy atom. The lowest BCUT2D eigenvalue weighted by Gasteiger charge is -2.36. The number of aryl methyl sites for hydroxylation is 1. The average Bonchev–Trinajstić information content (AvgIpc) is 3.19. The molecule has 0 aliphatic carbocycles. The Morgan fingerprint density at radius 2 is 1.86 bits per heavy atom. The van der Waals surface area contributed by atoms with Crippen LogP contribution in [0.4, 0.5) is 13.9 Å². The third-order valence-corrected chi connectivity index (χ3v) is 5.46. The molecule has 0 spiro atoms. The highest BCUT2D eigenvalue weighted by molar-refractivity contribution is 14.0. The number of hydrogen-bond acceptors (Lipinski definition) is 5. The Hall–Kier alpha value is -1.56. The van der Waals surface area contributed by atoms with E-state index in [2.05, 4.69) is 36.4 Å². The number of nitrogens with zero attached hydrogens (tertiary/aromatic N) is 5. The van der Waals surface area contributed by atoms with Crippen molar-refractivity contribution in [1.29, 1.82) is 0 Å². The zero-order valence-corrected chi connectivity index (χ0v) is 19.8. The molecule has 10 heteroatoms. The van der Waals surface area contributed by atoms with Crippen molar-refractivity contribution in [1.82, 2.24) is 19.6 Å². The van der Waals surface area contributed by atoms with E-state index in [-0.39, 0.29) is 36.0 Å². The van der Waals surface area contributed by atoms with Crippen LogP contribution in [0.2, 0.25) is 0 Å². The fraction of sp³-hybridized carbons (Fsp3) is 0.526. The van der Waals surface area contributed by atoms with Gasteiger partial charge in [0.05, 0.1) is 0 Å². The molecular weight excluding hydrogens is 509 g/mol. The minimum absolute atomic E-state index is 0. The minimum atomic E-state index is -0.516. The molecule has 6 nitrogen and oxygen atoms in total. The molecule has 3 rings (SSSR count). The van der Waals surface area contributed by atoms with E-state index in [0.29, 0.717) is 6.54 Å². The van der Waals surface area contributed by atoms with Gasteiger partial charge in [-0.15, -0.1) is 24.0 Å². The topological polar surface area (TPSA) is 56.7 Å². The van der Waals surface area contributed by atoms with E-state index in [1.807, 2.05) is 6.92 Å². The zero-order valence-electron chi connectivity index (χ0n) is 16.7. The molecule has 0 radical (unpaired) electrons. The summed E-state index contributed by atoms with van der Waals surface area (Å²) in [6, 6.07) is 3.94. The minimum Gasteiger partial charge on any atom is -0.357 e. The number of guanidine groups is 1. The third-order valence-electron chi connectivity index (χ3n) is 4.64. The molecule has 160 valence electrons. The Balaban J connectivity index is 0.00000300. The van der Waals surface area contributed by atoms with Crippen molar-refractivity contribution < 1.29 is 8.78 Å². The lowest BCUT2D eigenvalue weighted by Crippen LogP contribution is -2.52. The second kappa shape index (κ2) is 11.6. The highest BCUT2D eigenvalue weighted by Crippen LogP contribution is 2.19. The zero-order chi connectivity index (χ0) is 19.9. The second-order valence-corrected chi connectivity index (χ2v) is 7.24. The summed E-state index contributed by atoms with van der Waals surface area (Å²) in [6.45, 7) is 8.42. The maximum Gasteiger partial charge on any atom is 0.205 e. The van der Waals surface area contributed by atoms with Crippen LogP contribution >= 0.6 is 35.5 Å². The van der Waals surface area contributed by atoms with Crippen LogP contribution in [0.5, 0.6) is 0 Å². The van der Waals surface area contributed by atoms with Crippen molar-refractivity contribution in [2.45, 2.75) is 26.7 Å². The summed E-state index contributed by atoms with van der Waals surface area (Å²) < 4.78 is 31.9. The number of piperazine rings is 1. The summed E-state index contributed by atoms with van der Waals surface area (Å²) in [7, 11) is 0. The van der Waals surface area contributed by atoms with Gasteiger partial charge in [0.1, 0.15) is 17.5 Å². The lowest BCUT2D eigenvalue weighted by molar-refractivity contribution is 0.372. The molecular formula is C19H27F2IN6S. The maximum atomic E-state index is 13.8. The van der Waals surface area contributed by atoms with Gasteiger partial charge < -0.3 is 15.1 Å². The van der Waals surface area contributed by atoms with Crippen molar-refractivity contribution in [3.63, 3.8) is 0 Å². The van der Waals surface area contributed by atoms with Gasteiger partial charge in [0.15, 0.2) is 5.96 Å². The number of aromatic nitrogens is 2. The number of nitrogens with one attached hydrogen (secondary N) is 1. The molecule has 1 aromatic heterocycles. The van der Waals surface area contributed by atoms with Crippen LogP contribution < -0.4 is 10.2 Å². The van der Waals surface area contributed by atoms with E-state index in [0.717, 1.165) is 56.1 Å². The van der Waals surface area contributed by atoms with Gasteiger partial charge in [-0.1, -0.05) is 13.0 Å². The Kier molecular flexibility index (Phi) is 9.47. The van der Waals surface area contributed by atoms with Crippen LogP contribution in [-0.2, 0) is 12.8 Å². The molecule has 0 bridgehead atoms. The number of benzene rings is 1. The molecule has 2 heterocycles. The summed E-state index contributed by atoms with van der Waals surface area (Å²) >= 11 is 1.44. The van der Waals surface area contributed by atoms with Crippen LogP contribution in [0.15, 0.2) is 23.2 Å². The number of hydrogen-bond donors (Lipinski definition) is 1. The Labute approximate surface area is 191 Å². The van der Waals surface area contributed by atoms with Gasteiger partial charge in [-0.05, 0) is 25.5 Å². The number of rotatable bonds is 6. The normalized spacial score (nSPS) is 14.7. The third kappa shape index (κ3) is 6.21. The van der Waals surface area contributed by atoms with Crippen molar-refractivity contribution in [3.05, 3.63) is 41.2 Å². The van der Waals surface area contributed by atoms with Gasteiger partial charge >= 0.3 is 0 Å². The second-order valence-electron chi connectivity index (χ2n) is 6.51. The number of anilines is 1. The van der Waals surface area contributed by atoms with Crippen LogP contribution in [-0.4, -0.2) is 59.5 Å². The van der Waals surface area contributed by atoms with E-state index in [1.165, 1.54) is 29.7 Å². The van der Waals surface area contributed by atoms with E-state index < -0.39 is 11.6 Å². The van der Waals surface area contributed by atoms with Gasteiger partial charge in [0.25, 0.3) is 0 Å². The molecule has 1 aliphatic heterocycles. The van der Waals surface area contributed by atoms with Crippen LogP contribution in [0, 0.1) is 11.6 Å². The summed E-state index contributed by atoms with van der Waals surface area (Å²) in [5, 5.41) is 4.25. The van der Waals surface area contributed by atoms with Gasteiger partial charge in [-0.3, -0.25) is 4.99 Å². The van der Waals surface area contributed by atoms with Crippen molar-refractivity contribution in [2.75, 3.05) is 44.2 Å². The molecule has 29 heavy (non-hydrogen) atoms. The lowest BCUT2D eigenvalue weighted by atomic mass is 10.1. The van der Waals surface area contributed by atoms with Crippen molar-refractivity contribution >= 4 is 46.6 Å². The standard InChI is InChI=1S/C19H26F2N6S.HI/c1-3-17-24-19(28-25-17)27-12-10-26(11-13-27)18(22-4-2)23-9-8-14-15(20)6-5-7-16(14)21;/h5-7H,3-4,8-13H2,1-2H3,(H,22,23);1H. The molecule has 1 fully saturated rings. The van der Waals surface area contributed by atoms with E-state index in [4.69, 9.17) is 0 Å². The largest absolute Gasteiger partial charge is 0.357 e. The van der Waals surface area contributed by atoms with Crippen molar-refractivity contribution in [3.8, 4) is 0 Å². The summed E-state index contributed by atoms with van der Waals surface area (Å²) in [6.07, 6.45) is 1.08. The van der Waals surface area contributed by atoms with Crippen LogP contribution in [0.3, 0.4) is 0 Å². The highest BCUT2D eigenvalue weighted by atomic mass is 127. The van der Waals surface area contributed by atoms with Gasteiger partial charge in [0.2, 0.25) is 5.13 Å². The van der Waals surface area contributed by atoms with Gasteiger partial charge in [0, 0.05) is 62.8 Å². The molecule has 0 amide bonds. The fourth-order valence-corrected chi connectivity index (χ4v) is 3.90. The number of halogens is 3. The predicted octanol–water partition coefficient (Wildman–Crippen LogP) is 3.33. The predicted molar refractivity (Wildman–Crippen MR) is 125 cm³/mol. The quantitative estimate of drug-likeness (QED) is 0.349. The monoisotopic (exact) mass is 536 g/mol. The molecule has 0 atom stereocenters. The molecule has 0 saturated carbocycles. The Morgan fingerprint density at radius 3 is 2.45 bits per heavy atom. The van der Waals surface area contributed by atoms with Gasteiger partial charge in [-0.2, -0.15) is 4.37 Å². The maximum absolute atomic E-state index is 13.8. The number of aliphatic imine (C=N–C) groups is 1. The molecule has 0 unspecified atom stereocenters. The summed E-state index contributed by atoms with van der Waals surface area (Å²) in [4.78, 5) is 13.6. The smallest absolute Gasteiger partial charge is 0.205 e. The Bertz CT molecular complexity index is 787. The summed E-state index contributed by atoms with van der Waals surface area (Å²) in [5.41, 5.74) is 0.0925. The highest BCUT2D eigenvalue weighted by Gasteiger charge is 2.22. The first-order valence-corrected chi connectivity index (χ1v) is 10.4. The molecule has 1 aromatic carbocycles. The molecule has 2 aromatic rings. The SMILES string of the molecule is CCNC(=NCCc1c(F)cccc1F)N1CCN(c2nc(CC)ns2)CC1.I. The average molecular weight is 536 g/mol. The van der Waals surface area contributed by atoms with E-state index >= 15 is 0 Å². The van der Waals surface area contributed by atoms with Crippen LogP contribution in [0.1, 0.15) is 25.2 Å². The molecule has 1 aliphatic rings. The van der Waals surface area contributed by atoms with E-state index in [1.54, 1.807) is 0 Å². The molecule has 1 N–H and O–H groups in total. The van der Waals surface area contributed by atoms with Crippen molar-refractivity contribution in [2.24, 2.45) is 4.99 Å². The fourth-order valence-electron chi connectivity index (χ4n) is 3.10. The summed E-state index contributed by atoms with van der Waals surface area (Å²) in [5.74, 6) is 0.637. The first-order valence-electron chi connectivity index (χ1n) is 9.66.